The van der Waals surface area contributed by atoms with Crippen LogP contribution in [-0.4, -0.2) is 38.0 Å². The molecule has 0 saturated heterocycles. The van der Waals surface area contributed by atoms with Gasteiger partial charge in [0.05, 0.1) is 25.9 Å². The predicted octanol–water partition coefficient (Wildman–Crippen LogP) is 4.47. The van der Waals surface area contributed by atoms with E-state index in [2.05, 4.69) is 5.32 Å². The summed E-state index contributed by atoms with van der Waals surface area (Å²) in [4.78, 5) is 40.3. The number of esters is 2. The number of carbonyl (C=O) groups is 3. The number of rotatable bonds is 7. The molecule has 1 aliphatic heterocycles. The highest BCUT2D eigenvalue weighted by molar-refractivity contribution is 7.08. The maximum absolute atomic E-state index is 14.1. The van der Waals surface area contributed by atoms with Crippen molar-refractivity contribution < 1.29 is 28.6 Å². The van der Waals surface area contributed by atoms with Crippen molar-refractivity contribution in [3.05, 3.63) is 74.8 Å². The van der Waals surface area contributed by atoms with Gasteiger partial charge in [-0.15, -0.1) is 0 Å². The van der Waals surface area contributed by atoms with Crippen molar-refractivity contribution >= 4 is 29.1 Å². The Bertz CT molecular complexity index is 1180. The number of hydrogen-bond acceptors (Lipinski definition) is 8. The van der Waals surface area contributed by atoms with Gasteiger partial charge in [-0.3, -0.25) is 9.59 Å². The van der Waals surface area contributed by atoms with Crippen LogP contribution in [0, 0.1) is 5.92 Å². The van der Waals surface area contributed by atoms with E-state index in [0.29, 0.717) is 29.0 Å². The van der Waals surface area contributed by atoms with Gasteiger partial charge in [-0.05, 0) is 67.3 Å². The number of nitrogens with one attached hydrogen (secondary N) is 1. The number of methoxy groups -OCH3 is 1. The molecule has 8 heteroatoms. The Morgan fingerprint density at radius 3 is 2.37 bits per heavy atom. The first-order valence-electron chi connectivity index (χ1n) is 11.7. The number of hydrogen-bond donors (Lipinski definition) is 1. The molecular weight excluding hydrogens is 466 g/mol. The van der Waals surface area contributed by atoms with Crippen molar-refractivity contribution in [2.24, 2.45) is 5.92 Å². The lowest BCUT2D eigenvalue weighted by Gasteiger charge is -2.39. The highest BCUT2D eigenvalue weighted by Crippen LogP contribution is 2.48. The Balaban J connectivity index is 1.85. The van der Waals surface area contributed by atoms with Crippen LogP contribution in [0.5, 0.6) is 5.75 Å². The molecule has 35 heavy (non-hydrogen) atoms. The fraction of sp³-hybridized carbons (Fsp3) is 0.370. The van der Waals surface area contributed by atoms with Gasteiger partial charge >= 0.3 is 11.9 Å². The molecule has 1 N–H and O–H groups in total. The number of carbonyl (C=O) groups excluding carboxylic acids is 3. The Morgan fingerprint density at radius 2 is 1.77 bits per heavy atom. The number of benzene rings is 1. The SMILES string of the molecule is CCOC(=O)C1=C(C)NC2=C(C(=O)[C@H](C(=O)OCC)[C@@H](c3ccc(OC)cc3)C2)[C@@H]1c1ccsc1. The van der Waals surface area contributed by atoms with E-state index >= 15 is 0 Å². The molecule has 2 aliphatic rings. The van der Waals surface area contributed by atoms with Gasteiger partial charge in [0.1, 0.15) is 11.7 Å². The number of dihydropyridines is 1. The zero-order valence-corrected chi connectivity index (χ0v) is 21.1. The van der Waals surface area contributed by atoms with Crippen molar-refractivity contribution in [1.82, 2.24) is 5.32 Å². The standard InChI is InChI=1S/C27H29NO6S/c1-5-33-26(30)21-15(3)28-20-13-19(16-7-9-18(32-4)10-8-16)23(27(31)34-6-2)25(29)24(20)22(21)17-11-12-35-14-17/h7-12,14,19,22-23,28H,5-6,13H2,1-4H3/t19-,22-,23-/m1/s1. The molecule has 1 aliphatic carbocycles. The molecule has 0 amide bonds. The normalized spacial score (nSPS) is 21.8. The Kier molecular flexibility index (Phi) is 7.40. The van der Waals surface area contributed by atoms with Crippen molar-refractivity contribution in [3.63, 3.8) is 0 Å². The summed E-state index contributed by atoms with van der Waals surface area (Å²) in [6.07, 6.45) is 0.422. The molecule has 1 aromatic carbocycles. The van der Waals surface area contributed by atoms with E-state index in [9.17, 15) is 14.4 Å². The van der Waals surface area contributed by atoms with Crippen LogP contribution >= 0.6 is 11.3 Å². The minimum atomic E-state index is -1.02. The fourth-order valence-corrected chi connectivity index (χ4v) is 5.64. The molecule has 2 aromatic rings. The molecule has 184 valence electrons. The molecule has 4 rings (SSSR count). The second-order valence-electron chi connectivity index (χ2n) is 8.44. The summed E-state index contributed by atoms with van der Waals surface area (Å²) < 4.78 is 16.0. The fourth-order valence-electron chi connectivity index (χ4n) is 4.95. The number of allylic oxidation sites excluding steroid dienone is 3. The molecule has 0 saturated carbocycles. The van der Waals surface area contributed by atoms with E-state index in [1.165, 1.54) is 11.3 Å². The predicted molar refractivity (Wildman–Crippen MR) is 132 cm³/mol. The quantitative estimate of drug-likeness (QED) is 0.448. The average molecular weight is 496 g/mol. The molecular formula is C27H29NO6S. The summed E-state index contributed by atoms with van der Waals surface area (Å²) in [5.41, 5.74) is 3.86. The minimum Gasteiger partial charge on any atom is -0.497 e. The van der Waals surface area contributed by atoms with Gasteiger partial charge in [0.2, 0.25) is 0 Å². The molecule has 0 unspecified atom stereocenters. The zero-order valence-electron chi connectivity index (χ0n) is 20.3. The van der Waals surface area contributed by atoms with E-state index in [1.807, 2.05) is 48.0 Å². The second-order valence-corrected chi connectivity index (χ2v) is 9.22. The van der Waals surface area contributed by atoms with E-state index < -0.39 is 29.7 Å². The van der Waals surface area contributed by atoms with Gasteiger partial charge in [-0.1, -0.05) is 12.1 Å². The van der Waals surface area contributed by atoms with Gasteiger partial charge in [0.25, 0.3) is 0 Å². The van der Waals surface area contributed by atoms with Crippen LogP contribution < -0.4 is 10.1 Å². The summed E-state index contributed by atoms with van der Waals surface area (Å²) in [6.45, 7) is 5.68. The third-order valence-electron chi connectivity index (χ3n) is 6.48. The van der Waals surface area contributed by atoms with E-state index in [-0.39, 0.29) is 19.0 Å². The van der Waals surface area contributed by atoms with Crippen molar-refractivity contribution in [2.45, 2.75) is 39.0 Å². The van der Waals surface area contributed by atoms with Crippen LogP contribution in [0.25, 0.3) is 0 Å². The number of ketones is 1. The minimum absolute atomic E-state index is 0.170. The van der Waals surface area contributed by atoms with Crippen LogP contribution in [0.3, 0.4) is 0 Å². The van der Waals surface area contributed by atoms with Crippen LogP contribution in [-0.2, 0) is 23.9 Å². The topological polar surface area (TPSA) is 90.9 Å². The number of Topliss-reactive ketones (excluding diaryl/α,β-unsaturated/α-hetero) is 1. The van der Waals surface area contributed by atoms with Crippen LogP contribution in [0.1, 0.15) is 50.2 Å². The van der Waals surface area contributed by atoms with Gasteiger partial charge in [-0.25, -0.2) is 4.79 Å². The second kappa shape index (κ2) is 10.5. The molecule has 0 fully saturated rings. The van der Waals surface area contributed by atoms with E-state index in [4.69, 9.17) is 14.2 Å². The first-order chi connectivity index (χ1) is 16.9. The monoisotopic (exact) mass is 495 g/mol. The van der Waals surface area contributed by atoms with E-state index in [0.717, 1.165) is 16.8 Å². The Morgan fingerprint density at radius 1 is 1.06 bits per heavy atom. The summed E-state index contributed by atoms with van der Waals surface area (Å²) in [7, 11) is 1.59. The Labute approximate surface area is 208 Å². The first-order valence-corrected chi connectivity index (χ1v) is 12.6. The molecule has 2 heterocycles. The highest BCUT2D eigenvalue weighted by Gasteiger charge is 2.49. The molecule has 1 aromatic heterocycles. The Hall–Kier alpha value is -3.39. The molecule has 3 atom stereocenters. The summed E-state index contributed by atoms with van der Waals surface area (Å²) in [5, 5.41) is 7.14. The number of ether oxygens (including phenoxy) is 3. The van der Waals surface area contributed by atoms with Gasteiger partial charge in [-0.2, -0.15) is 11.3 Å². The first kappa shape index (κ1) is 24.7. The van der Waals surface area contributed by atoms with Crippen LogP contribution in [0.2, 0.25) is 0 Å². The maximum atomic E-state index is 14.1. The van der Waals surface area contributed by atoms with E-state index in [1.54, 1.807) is 21.0 Å². The average Bonchev–Trinajstić information content (AvgIpc) is 3.38. The van der Waals surface area contributed by atoms with Crippen molar-refractivity contribution in [2.75, 3.05) is 20.3 Å². The molecule has 0 radical (unpaired) electrons. The third kappa shape index (κ3) is 4.62. The smallest absolute Gasteiger partial charge is 0.336 e. The van der Waals surface area contributed by atoms with Gasteiger partial charge in [0.15, 0.2) is 5.78 Å². The van der Waals surface area contributed by atoms with Crippen molar-refractivity contribution in [3.8, 4) is 5.75 Å². The molecule has 0 bridgehead atoms. The van der Waals surface area contributed by atoms with Crippen LogP contribution in [0.4, 0.5) is 0 Å². The highest BCUT2D eigenvalue weighted by atomic mass is 32.1. The van der Waals surface area contributed by atoms with Crippen molar-refractivity contribution in [1.29, 1.82) is 0 Å². The maximum Gasteiger partial charge on any atom is 0.336 e. The zero-order chi connectivity index (χ0) is 25.1. The summed E-state index contributed by atoms with van der Waals surface area (Å²) in [6, 6.07) is 9.29. The molecule has 0 spiro atoms. The largest absolute Gasteiger partial charge is 0.497 e. The summed E-state index contributed by atoms with van der Waals surface area (Å²) >= 11 is 1.49. The van der Waals surface area contributed by atoms with Gasteiger partial charge < -0.3 is 19.5 Å². The third-order valence-corrected chi connectivity index (χ3v) is 7.18. The van der Waals surface area contributed by atoms with Gasteiger partial charge in [0, 0.05) is 28.8 Å². The lowest BCUT2D eigenvalue weighted by Crippen LogP contribution is -2.43. The lowest BCUT2D eigenvalue weighted by molar-refractivity contribution is -0.152. The van der Waals surface area contributed by atoms with Crippen LogP contribution in [0.15, 0.2) is 63.6 Å². The lowest BCUT2D eigenvalue weighted by atomic mass is 9.67. The number of thiophene rings is 1. The summed E-state index contributed by atoms with van der Waals surface area (Å²) in [5.74, 6) is -2.72. The molecule has 7 nitrogen and oxygen atoms in total.